The van der Waals surface area contributed by atoms with Crippen LogP contribution in [-0.4, -0.2) is 31.4 Å². The van der Waals surface area contributed by atoms with Crippen LogP contribution in [0.2, 0.25) is 0 Å². The van der Waals surface area contributed by atoms with E-state index >= 15 is 4.39 Å². The third-order valence-corrected chi connectivity index (χ3v) is 3.87. The van der Waals surface area contributed by atoms with Crippen LogP contribution >= 0.6 is 0 Å². The molecule has 0 saturated heterocycles. The summed E-state index contributed by atoms with van der Waals surface area (Å²) >= 11 is 0. The first-order valence-corrected chi connectivity index (χ1v) is 9.05. The molecule has 0 aromatic heterocycles. The number of hydrogen-bond donors (Lipinski definition) is 1. The Morgan fingerprint density at radius 3 is 2.29 bits per heavy atom. The topological polar surface area (TPSA) is 73.9 Å². The van der Waals surface area contributed by atoms with Crippen molar-refractivity contribution >= 4 is 17.6 Å². The predicted molar refractivity (Wildman–Crippen MR) is 103 cm³/mol. The van der Waals surface area contributed by atoms with Gasteiger partial charge in [0, 0.05) is 5.69 Å². The molecule has 1 unspecified atom stereocenters. The third kappa shape index (κ3) is 5.70. The molecule has 2 rings (SSSR count). The number of hydrogen-bond acceptors (Lipinski definition) is 5. The molecular formula is C21H24FNO5. The minimum Gasteiger partial charge on any atom is -0.494 e. The molecule has 0 saturated carbocycles. The number of halogens is 1. The fourth-order valence-electron chi connectivity index (χ4n) is 2.35. The Kier molecular flexibility index (Phi) is 7.80. The lowest BCUT2D eigenvalue weighted by Gasteiger charge is -2.22. The van der Waals surface area contributed by atoms with Gasteiger partial charge in [-0.1, -0.05) is 38.0 Å². The van der Waals surface area contributed by atoms with E-state index < -0.39 is 17.7 Å². The maximum Gasteiger partial charge on any atom is 0.425 e. The number of carbonyl (C=O) groups is 2. The second-order valence-corrected chi connectivity index (χ2v) is 6.04. The van der Waals surface area contributed by atoms with Crippen molar-refractivity contribution in [1.82, 2.24) is 0 Å². The van der Waals surface area contributed by atoms with Crippen molar-refractivity contribution in [3.8, 4) is 11.5 Å². The highest BCUT2D eigenvalue weighted by molar-refractivity contribution is 6.10. The SMILES string of the molecule is CCCCCOc1ccc(NC(=O)C(F)(Oc2ccccc2)C(=O)OC)cc1. The van der Waals surface area contributed by atoms with Gasteiger partial charge in [-0.05, 0) is 42.8 Å². The lowest BCUT2D eigenvalue weighted by Crippen LogP contribution is -2.51. The standard InChI is InChI=1S/C21H24FNO5/c1-3-4-8-15-27-17-13-11-16(12-14-17)23-19(24)21(22,20(25)26-2)28-18-9-6-5-7-10-18/h5-7,9-14H,3-4,8,15H2,1-2H3,(H,23,24). The molecule has 7 heteroatoms. The van der Waals surface area contributed by atoms with E-state index in [4.69, 9.17) is 9.47 Å². The summed E-state index contributed by atoms with van der Waals surface area (Å²) in [5, 5.41) is 2.33. The van der Waals surface area contributed by atoms with Gasteiger partial charge in [0.2, 0.25) is 0 Å². The zero-order chi connectivity index (χ0) is 20.4. The van der Waals surface area contributed by atoms with Gasteiger partial charge in [0.25, 0.3) is 0 Å². The Balaban J connectivity index is 2.05. The van der Waals surface area contributed by atoms with E-state index in [0.717, 1.165) is 26.4 Å². The lowest BCUT2D eigenvalue weighted by molar-refractivity contribution is -0.181. The molecule has 150 valence electrons. The number of unbranched alkanes of at least 4 members (excludes halogenated alkanes) is 2. The van der Waals surface area contributed by atoms with Crippen molar-refractivity contribution in [2.75, 3.05) is 19.0 Å². The first-order valence-electron chi connectivity index (χ1n) is 9.05. The number of esters is 1. The molecule has 0 spiro atoms. The number of anilines is 1. The van der Waals surface area contributed by atoms with Crippen molar-refractivity contribution in [2.45, 2.75) is 32.0 Å². The molecule has 0 bridgehead atoms. The van der Waals surface area contributed by atoms with E-state index in [1.807, 2.05) is 0 Å². The van der Waals surface area contributed by atoms with Crippen molar-refractivity contribution < 1.29 is 28.2 Å². The second kappa shape index (κ2) is 10.3. The smallest absolute Gasteiger partial charge is 0.425 e. The van der Waals surface area contributed by atoms with Crippen LogP contribution in [0.5, 0.6) is 11.5 Å². The Hall–Kier alpha value is -3.09. The van der Waals surface area contributed by atoms with Crippen LogP contribution in [0, 0.1) is 0 Å². The largest absolute Gasteiger partial charge is 0.494 e. The Morgan fingerprint density at radius 1 is 1.00 bits per heavy atom. The molecule has 2 aromatic rings. The van der Waals surface area contributed by atoms with Crippen molar-refractivity contribution in [3.63, 3.8) is 0 Å². The van der Waals surface area contributed by atoms with Gasteiger partial charge in [-0.25, -0.2) is 4.79 Å². The first kappa shape index (κ1) is 21.2. The maximum absolute atomic E-state index is 15.1. The fourth-order valence-corrected chi connectivity index (χ4v) is 2.35. The Bertz CT molecular complexity index is 766. The summed E-state index contributed by atoms with van der Waals surface area (Å²) < 4.78 is 30.1. The number of benzene rings is 2. The van der Waals surface area contributed by atoms with Crippen LogP contribution < -0.4 is 14.8 Å². The Morgan fingerprint density at radius 2 is 1.68 bits per heavy atom. The van der Waals surface area contributed by atoms with Gasteiger partial charge < -0.3 is 19.5 Å². The van der Waals surface area contributed by atoms with Crippen molar-refractivity contribution in [2.24, 2.45) is 0 Å². The summed E-state index contributed by atoms with van der Waals surface area (Å²) in [7, 11) is 0.975. The molecule has 1 atom stereocenters. The van der Waals surface area contributed by atoms with Gasteiger partial charge in [-0.2, -0.15) is 4.39 Å². The van der Waals surface area contributed by atoms with E-state index in [1.165, 1.54) is 12.1 Å². The maximum atomic E-state index is 15.1. The minimum absolute atomic E-state index is 0.0152. The second-order valence-electron chi connectivity index (χ2n) is 6.04. The average Bonchev–Trinajstić information content (AvgIpc) is 2.72. The average molecular weight is 389 g/mol. The molecule has 0 aliphatic heterocycles. The molecule has 1 amide bonds. The normalized spacial score (nSPS) is 12.5. The van der Waals surface area contributed by atoms with Crippen LogP contribution in [0.4, 0.5) is 10.1 Å². The molecular weight excluding hydrogens is 365 g/mol. The zero-order valence-electron chi connectivity index (χ0n) is 15.9. The van der Waals surface area contributed by atoms with E-state index in [1.54, 1.807) is 42.5 Å². The van der Waals surface area contributed by atoms with Crippen LogP contribution in [-0.2, 0) is 14.3 Å². The number of para-hydroxylation sites is 1. The highest BCUT2D eigenvalue weighted by Gasteiger charge is 2.51. The number of carbonyl (C=O) groups excluding carboxylic acids is 2. The van der Waals surface area contributed by atoms with Gasteiger partial charge in [-0.3, -0.25) is 4.79 Å². The summed E-state index contributed by atoms with van der Waals surface area (Å²) in [6, 6.07) is 14.1. The predicted octanol–water partition coefficient (Wildman–Crippen LogP) is 4.11. The molecule has 0 radical (unpaired) electrons. The molecule has 0 heterocycles. The minimum atomic E-state index is -3.33. The Labute approximate surface area is 163 Å². The van der Waals surface area contributed by atoms with E-state index in [0.29, 0.717) is 12.4 Å². The highest BCUT2D eigenvalue weighted by atomic mass is 19.2. The van der Waals surface area contributed by atoms with Gasteiger partial charge >= 0.3 is 17.7 Å². The highest BCUT2D eigenvalue weighted by Crippen LogP contribution is 2.24. The summed E-state index contributed by atoms with van der Waals surface area (Å²) in [6.45, 7) is 2.71. The lowest BCUT2D eigenvalue weighted by atomic mass is 10.2. The number of alkyl halides is 1. The summed E-state index contributed by atoms with van der Waals surface area (Å²) in [4.78, 5) is 24.3. The van der Waals surface area contributed by atoms with Crippen molar-refractivity contribution in [1.29, 1.82) is 0 Å². The number of rotatable bonds is 10. The van der Waals surface area contributed by atoms with Gasteiger partial charge in [0.05, 0.1) is 13.7 Å². The van der Waals surface area contributed by atoms with Gasteiger partial charge in [0.1, 0.15) is 11.5 Å². The number of ether oxygens (including phenoxy) is 3. The van der Waals surface area contributed by atoms with Crippen molar-refractivity contribution in [3.05, 3.63) is 54.6 Å². The summed E-state index contributed by atoms with van der Waals surface area (Å²) in [6.07, 6.45) is 3.14. The summed E-state index contributed by atoms with van der Waals surface area (Å²) in [5.41, 5.74) is 0.286. The van der Waals surface area contributed by atoms with Crippen LogP contribution in [0.25, 0.3) is 0 Å². The quantitative estimate of drug-likeness (QED) is 0.376. The number of amides is 1. The molecule has 0 aliphatic rings. The van der Waals surface area contributed by atoms with Gasteiger partial charge in [-0.15, -0.1) is 0 Å². The van der Waals surface area contributed by atoms with E-state index in [2.05, 4.69) is 17.0 Å². The molecule has 28 heavy (non-hydrogen) atoms. The zero-order valence-corrected chi connectivity index (χ0v) is 15.9. The summed E-state index contributed by atoms with van der Waals surface area (Å²) in [5.74, 6) is -5.43. The molecule has 0 aliphatic carbocycles. The van der Waals surface area contributed by atoms with E-state index in [-0.39, 0.29) is 11.4 Å². The molecule has 0 fully saturated rings. The molecule has 2 aromatic carbocycles. The van der Waals surface area contributed by atoms with E-state index in [9.17, 15) is 9.59 Å². The number of methoxy groups -OCH3 is 1. The molecule has 1 N–H and O–H groups in total. The third-order valence-electron chi connectivity index (χ3n) is 3.87. The van der Waals surface area contributed by atoms with Crippen LogP contribution in [0.15, 0.2) is 54.6 Å². The monoisotopic (exact) mass is 389 g/mol. The van der Waals surface area contributed by atoms with Crippen LogP contribution in [0.1, 0.15) is 26.2 Å². The van der Waals surface area contributed by atoms with Gasteiger partial charge in [0.15, 0.2) is 0 Å². The van der Waals surface area contributed by atoms with Crippen LogP contribution in [0.3, 0.4) is 0 Å². The molecule has 6 nitrogen and oxygen atoms in total. The number of nitrogens with one attached hydrogen (secondary N) is 1. The first-order chi connectivity index (χ1) is 13.5. The fraction of sp³-hybridized carbons (Fsp3) is 0.333.